The molecule has 86 valence electrons. The minimum absolute atomic E-state index is 0.239. The van der Waals surface area contributed by atoms with Crippen molar-refractivity contribution in [3.8, 4) is 0 Å². The zero-order valence-electron chi connectivity index (χ0n) is 8.85. The van der Waals surface area contributed by atoms with Crippen LogP contribution in [0.5, 0.6) is 0 Å². The van der Waals surface area contributed by atoms with Crippen molar-refractivity contribution in [2.24, 2.45) is 0 Å². The maximum absolute atomic E-state index is 11.9. The highest BCUT2D eigenvalue weighted by atomic mass is 79.9. The lowest BCUT2D eigenvalue weighted by Gasteiger charge is -2.05. The van der Waals surface area contributed by atoms with Gasteiger partial charge in [-0.3, -0.25) is 4.79 Å². The molecule has 0 saturated carbocycles. The summed E-state index contributed by atoms with van der Waals surface area (Å²) in [6.45, 7) is 0. The predicted octanol–water partition coefficient (Wildman–Crippen LogP) is 2.68. The third kappa shape index (κ3) is 3.04. The summed E-state index contributed by atoms with van der Waals surface area (Å²) in [5.74, 6) is 0.271. The number of benzene rings is 1. The molecule has 5 heteroatoms. The molecular weight excluding hydrogens is 282 g/mol. The number of nitrogens with two attached hydrogens (primary N) is 1. The number of rotatable bonds is 2. The molecule has 3 N–H and O–H groups in total. The van der Waals surface area contributed by atoms with Crippen molar-refractivity contribution >= 4 is 33.3 Å². The molecule has 0 aliphatic rings. The van der Waals surface area contributed by atoms with Gasteiger partial charge in [0.25, 0.3) is 5.91 Å². The number of hydrogen-bond donors (Lipinski definition) is 2. The van der Waals surface area contributed by atoms with Crippen molar-refractivity contribution < 1.29 is 4.79 Å². The topological polar surface area (TPSA) is 68.0 Å². The minimum Gasteiger partial charge on any atom is -0.399 e. The van der Waals surface area contributed by atoms with Crippen molar-refractivity contribution in [3.05, 3.63) is 52.6 Å². The Hall–Kier alpha value is -1.88. The summed E-state index contributed by atoms with van der Waals surface area (Å²) < 4.78 is 0.767. The number of carbonyl (C=O) groups is 1. The molecule has 0 aliphatic carbocycles. The van der Waals surface area contributed by atoms with Gasteiger partial charge in [-0.2, -0.15) is 0 Å². The molecule has 1 heterocycles. The highest BCUT2D eigenvalue weighted by Gasteiger charge is 2.07. The number of carbonyl (C=O) groups excluding carboxylic acids is 1. The number of nitrogens with one attached hydrogen (secondary N) is 1. The summed E-state index contributed by atoms with van der Waals surface area (Å²) in [5, 5.41) is 2.69. The van der Waals surface area contributed by atoms with E-state index in [1.54, 1.807) is 42.6 Å². The third-order valence-corrected chi connectivity index (χ3v) is 2.55. The lowest BCUT2D eigenvalue weighted by Crippen LogP contribution is -2.13. The summed E-state index contributed by atoms with van der Waals surface area (Å²) >= 11 is 3.29. The first-order valence-corrected chi connectivity index (χ1v) is 5.73. The lowest BCUT2D eigenvalue weighted by molar-refractivity contribution is 0.102. The molecule has 0 unspecified atom stereocenters. The van der Waals surface area contributed by atoms with Gasteiger partial charge in [-0.1, -0.05) is 22.0 Å². The van der Waals surface area contributed by atoms with Crippen LogP contribution >= 0.6 is 15.9 Å². The number of nitrogen functional groups attached to an aromatic ring is 1. The summed E-state index contributed by atoms with van der Waals surface area (Å²) in [5.41, 5.74) is 6.69. The van der Waals surface area contributed by atoms with Crippen LogP contribution in [0, 0.1) is 0 Å². The van der Waals surface area contributed by atoms with Crippen molar-refractivity contribution in [3.63, 3.8) is 0 Å². The van der Waals surface area contributed by atoms with E-state index in [0.717, 1.165) is 4.47 Å². The van der Waals surface area contributed by atoms with Gasteiger partial charge >= 0.3 is 0 Å². The SMILES string of the molecule is Nc1cc(Br)cc(C(=O)Nc2ccccn2)c1. The fourth-order valence-corrected chi connectivity index (χ4v) is 1.88. The molecule has 0 atom stereocenters. The number of pyridine rings is 1. The number of nitrogens with zero attached hydrogens (tertiary/aromatic N) is 1. The van der Waals surface area contributed by atoms with Crippen LogP contribution in [0.3, 0.4) is 0 Å². The van der Waals surface area contributed by atoms with E-state index in [2.05, 4.69) is 26.2 Å². The van der Waals surface area contributed by atoms with E-state index in [1.165, 1.54) is 0 Å². The van der Waals surface area contributed by atoms with Crippen LogP contribution in [0.15, 0.2) is 47.1 Å². The molecule has 2 aromatic rings. The quantitative estimate of drug-likeness (QED) is 0.836. The van der Waals surface area contributed by atoms with Crippen molar-refractivity contribution in [2.45, 2.75) is 0 Å². The fraction of sp³-hybridized carbons (Fsp3) is 0. The van der Waals surface area contributed by atoms with E-state index >= 15 is 0 Å². The number of aromatic nitrogens is 1. The van der Waals surface area contributed by atoms with E-state index in [9.17, 15) is 4.79 Å². The lowest BCUT2D eigenvalue weighted by atomic mass is 10.2. The molecule has 1 aromatic heterocycles. The van der Waals surface area contributed by atoms with Gasteiger partial charge in [0.1, 0.15) is 5.82 Å². The second kappa shape index (κ2) is 4.97. The van der Waals surface area contributed by atoms with Gasteiger partial charge in [0.05, 0.1) is 0 Å². The number of hydrogen-bond acceptors (Lipinski definition) is 3. The van der Waals surface area contributed by atoms with Crippen LogP contribution in [-0.4, -0.2) is 10.9 Å². The Morgan fingerprint density at radius 3 is 2.76 bits per heavy atom. The van der Waals surface area contributed by atoms with Gasteiger partial charge in [0.2, 0.25) is 0 Å². The van der Waals surface area contributed by atoms with Crippen LogP contribution < -0.4 is 11.1 Å². The van der Waals surface area contributed by atoms with E-state index in [0.29, 0.717) is 17.1 Å². The molecular formula is C12H10BrN3O. The van der Waals surface area contributed by atoms with Crippen LogP contribution in [-0.2, 0) is 0 Å². The zero-order valence-corrected chi connectivity index (χ0v) is 10.4. The maximum atomic E-state index is 11.9. The Labute approximate surface area is 107 Å². The predicted molar refractivity (Wildman–Crippen MR) is 70.7 cm³/mol. The first-order chi connectivity index (χ1) is 8.15. The minimum atomic E-state index is -0.239. The van der Waals surface area contributed by atoms with Crippen molar-refractivity contribution in [1.82, 2.24) is 4.98 Å². The molecule has 0 fully saturated rings. The highest BCUT2D eigenvalue weighted by molar-refractivity contribution is 9.10. The van der Waals surface area contributed by atoms with Gasteiger partial charge < -0.3 is 11.1 Å². The average molecular weight is 292 g/mol. The van der Waals surface area contributed by atoms with Crippen LogP contribution in [0.2, 0.25) is 0 Å². The Morgan fingerprint density at radius 1 is 1.29 bits per heavy atom. The standard InChI is InChI=1S/C12H10BrN3O/c13-9-5-8(6-10(14)7-9)12(17)16-11-3-1-2-4-15-11/h1-7H,14H2,(H,15,16,17). The second-order valence-corrected chi connectivity index (χ2v) is 4.36. The first-order valence-electron chi connectivity index (χ1n) is 4.93. The fourth-order valence-electron chi connectivity index (χ4n) is 1.37. The Balaban J connectivity index is 2.20. The second-order valence-electron chi connectivity index (χ2n) is 3.44. The highest BCUT2D eigenvalue weighted by Crippen LogP contribution is 2.18. The maximum Gasteiger partial charge on any atom is 0.256 e. The van der Waals surface area contributed by atoms with Gasteiger partial charge in [0, 0.05) is 21.9 Å². The van der Waals surface area contributed by atoms with Crippen LogP contribution in [0.4, 0.5) is 11.5 Å². The van der Waals surface area contributed by atoms with Crippen molar-refractivity contribution in [2.75, 3.05) is 11.1 Å². The summed E-state index contributed by atoms with van der Waals surface area (Å²) in [4.78, 5) is 15.9. The van der Waals surface area contributed by atoms with Gasteiger partial charge in [0.15, 0.2) is 0 Å². The summed E-state index contributed by atoms with van der Waals surface area (Å²) in [6, 6.07) is 10.4. The summed E-state index contributed by atoms with van der Waals surface area (Å²) in [7, 11) is 0. The number of halogens is 1. The van der Waals surface area contributed by atoms with Crippen LogP contribution in [0.1, 0.15) is 10.4 Å². The van der Waals surface area contributed by atoms with Crippen molar-refractivity contribution in [1.29, 1.82) is 0 Å². The molecule has 17 heavy (non-hydrogen) atoms. The monoisotopic (exact) mass is 291 g/mol. The number of anilines is 2. The van der Waals surface area contributed by atoms with Gasteiger partial charge in [-0.15, -0.1) is 0 Å². The van der Waals surface area contributed by atoms with Crippen LogP contribution in [0.25, 0.3) is 0 Å². The van der Waals surface area contributed by atoms with E-state index < -0.39 is 0 Å². The molecule has 2 rings (SSSR count). The molecule has 1 amide bonds. The third-order valence-electron chi connectivity index (χ3n) is 2.09. The molecule has 4 nitrogen and oxygen atoms in total. The average Bonchev–Trinajstić information content (AvgIpc) is 2.29. The molecule has 0 spiro atoms. The number of amides is 1. The Kier molecular flexibility index (Phi) is 3.39. The van der Waals surface area contributed by atoms with E-state index in [1.807, 2.05) is 0 Å². The molecule has 0 bridgehead atoms. The molecule has 0 saturated heterocycles. The first kappa shape index (κ1) is 11.6. The van der Waals surface area contributed by atoms with E-state index in [-0.39, 0.29) is 5.91 Å². The largest absolute Gasteiger partial charge is 0.399 e. The zero-order chi connectivity index (χ0) is 12.3. The Bertz CT molecular complexity index is 522. The van der Waals surface area contributed by atoms with Gasteiger partial charge in [-0.25, -0.2) is 4.98 Å². The van der Waals surface area contributed by atoms with E-state index in [4.69, 9.17) is 5.73 Å². The normalized spacial score (nSPS) is 9.94. The smallest absolute Gasteiger partial charge is 0.256 e. The summed E-state index contributed by atoms with van der Waals surface area (Å²) in [6.07, 6.45) is 1.62. The molecule has 1 aromatic carbocycles. The molecule has 0 aliphatic heterocycles. The van der Waals surface area contributed by atoms with Gasteiger partial charge in [-0.05, 0) is 30.3 Å². The Morgan fingerprint density at radius 2 is 2.12 bits per heavy atom. The molecule has 0 radical (unpaired) electrons.